The van der Waals surface area contributed by atoms with Crippen molar-refractivity contribution < 1.29 is 23.9 Å². The van der Waals surface area contributed by atoms with Crippen molar-refractivity contribution in [2.75, 3.05) is 26.2 Å². The highest BCUT2D eigenvalue weighted by molar-refractivity contribution is 6.22. The largest absolute Gasteiger partial charge is 0.450 e. The number of hydrogen-bond donors (Lipinski definition) is 1. The molecule has 0 unspecified atom stereocenters. The van der Waals surface area contributed by atoms with Crippen molar-refractivity contribution in [2.24, 2.45) is 0 Å². The van der Waals surface area contributed by atoms with Crippen molar-refractivity contribution in [3.63, 3.8) is 0 Å². The third-order valence-electron chi connectivity index (χ3n) is 5.07. The Hall–Kier alpha value is -2.90. The van der Waals surface area contributed by atoms with Gasteiger partial charge in [-0.05, 0) is 44.4 Å². The highest BCUT2D eigenvalue weighted by Gasteiger charge is 2.41. The van der Waals surface area contributed by atoms with E-state index in [2.05, 4.69) is 5.32 Å². The third-order valence-corrected chi connectivity index (χ3v) is 5.07. The summed E-state index contributed by atoms with van der Waals surface area (Å²) in [7, 11) is 0. The van der Waals surface area contributed by atoms with Crippen molar-refractivity contribution in [1.82, 2.24) is 15.1 Å². The Morgan fingerprint density at radius 1 is 1.11 bits per heavy atom. The molecule has 1 saturated heterocycles. The molecule has 1 aromatic carbocycles. The van der Waals surface area contributed by atoms with Crippen LogP contribution in [0, 0.1) is 0 Å². The van der Waals surface area contributed by atoms with Crippen molar-refractivity contribution in [3.05, 3.63) is 34.9 Å². The first-order chi connectivity index (χ1) is 13.5. The predicted molar refractivity (Wildman–Crippen MR) is 101 cm³/mol. The molecule has 0 aromatic heterocycles. The van der Waals surface area contributed by atoms with E-state index in [1.807, 2.05) is 6.92 Å². The normalized spacial score (nSPS) is 16.9. The SMILES string of the molecule is CCCNC(=O)c1ccc2c(c1)C(=O)N(C1CCN(C(=O)OCC)CC1)C2=O. The van der Waals surface area contributed by atoms with Gasteiger partial charge in [-0.15, -0.1) is 0 Å². The van der Waals surface area contributed by atoms with Gasteiger partial charge in [0.15, 0.2) is 0 Å². The van der Waals surface area contributed by atoms with Gasteiger partial charge in [-0.25, -0.2) is 4.79 Å². The van der Waals surface area contributed by atoms with Crippen LogP contribution >= 0.6 is 0 Å². The molecule has 2 aliphatic heterocycles. The molecular formula is C20H25N3O5. The molecular weight excluding hydrogens is 362 g/mol. The molecule has 3 rings (SSSR count). The summed E-state index contributed by atoms with van der Waals surface area (Å²) in [5.74, 6) is -0.971. The van der Waals surface area contributed by atoms with Gasteiger partial charge in [0.2, 0.25) is 0 Å². The fourth-order valence-corrected chi connectivity index (χ4v) is 3.59. The van der Waals surface area contributed by atoms with Crippen LogP contribution in [0.15, 0.2) is 18.2 Å². The fourth-order valence-electron chi connectivity index (χ4n) is 3.59. The maximum atomic E-state index is 12.9. The van der Waals surface area contributed by atoms with Crippen molar-refractivity contribution in [3.8, 4) is 0 Å². The first-order valence-corrected chi connectivity index (χ1v) is 9.69. The molecule has 8 heteroatoms. The van der Waals surface area contributed by atoms with E-state index in [1.54, 1.807) is 24.0 Å². The number of piperidine rings is 1. The number of nitrogens with zero attached hydrogens (tertiary/aromatic N) is 2. The molecule has 150 valence electrons. The molecule has 0 saturated carbocycles. The van der Waals surface area contributed by atoms with Gasteiger partial charge < -0.3 is 15.0 Å². The molecule has 0 aliphatic carbocycles. The lowest BCUT2D eigenvalue weighted by atomic mass is 10.0. The van der Waals surface area contributed by atoms with E-state index in [0.29, 0.717) is 50.2 Å². The van der Waals surface area contributed by atoms with Crippen LogP contribution in [0.3, 0.4) is 0 Å². The number of fused-ring (bicyclic) bond motifs is 1. The van der Waals surface area contributed by atoms with Gasteiger partial charge in [0.05, 0.1) is 17.7 Å². The van der Waals surface area contributed by atoms with Gasteiger partial charge >= 0.3 is 6.09 Å². The number of ether oxygens (including phenoxy) is 1. The third kappa shape index (κ3) is 3.72. The second-order valence-corrected chi connectivity index (χ2v) is 6.91. The Bertz CT molecular complexity index is 799. The van der Waals surface area contributed by atoms with E-state index < -0.39 is 0 Å². The van der Waals surface area contributed by atoms with Crippen LogP contribution in [0.2, 0.25) is 0 Å². The van der Waals surface area contributed by atoms with Crippen molar-refractivity contribution in [1.29, 1.82) is 0 Å². The maximum absolute atomic E-state index is 12.9. The molecule has 1 fully saturated rings. The molecule has 1 aromatic rings. The minimum Gasteiger partial charge on any atom is -0.450 e. The standard InChI is InChI=1S/C20H25N3O5/c1-3-9-21-17(24)13-5-6-15-16(12-13)19(26)23(18(15)25)14-7-10-22(11-8-14)20(27)28-4-2/h5-6,12,14H,3-4,7-11H2,1-2H3,(H,21,24). The Labute approximate surface area is 163 Å². The first-order valence-electron chi connectivity index (χ1n) is 9.69. The average molecular weight is 387 g/mol. The first kappa shape index (κ1) is 19.9. The number of rotatable bonds is 5. The molecule has 0 bridgehead atoms. The quantitative estimate of drug-likeness (QED) is 0.780. The van der Waals surface area contributed by atoms with Crippen LogP contribution in [0.5, 0.6) is 0 Å². The zero-order valence-corrected chi connectivity index (χ0v) is 16.2. The topological polar surface area (TPSA) is 96.0 Å². The lowest BCUT2D eigenvalue weighted by molar-refractivity contribution is 0.0485. The minimum atomic E-state index is -0.375. The molecule has 1 N–H and O–H groups in total. The van der Waals surface area contributed by atoms with Crippen molar-refractivity contribution in [2.45, 2.75) is 39.2 Å². The van der Waals surface area contributed by atoms with E-state index in [1.165, 1.54) is 11.0 Å². The summed E-state index contributed by atoms with van der Waals surface area (Å²) in [6.45, 7) is 5.43. The van der Waals surface area contributed by atoms with Gasteiger partial charge in [0, 0.05) is 31.2 Å². The number of nitrogens with one attached hydrogen (secondary N) is 1. The van der Waals surface area contributed by atoms with Gasteiger partial charge in [0.25, 0.3) is 17.7 Å². The fraction of sp³-hybridized carbons (Fsp3) is 0.500. The van der Waals surface area contributed by atoms with Crippen LogP contribution in [-0.4, -0.2) is 65.9 Å². The Kier molecular flexibility index (Phi) is 5.96. The van der Waals surface area contributed by atoms with Crippen LogP contribution in [0.4, 0.5) is 4.79 Å². The molecule has 28 heavy (non-hydrogen) atoms. The summed E-state index contributed by atoms with van der Waals surface area (Å²) in [6, 6.07) is 4.34. The number of carbonyl (C=O) groups is 4. The lowest BCUT2D eigenvalue weighted by Crippen LogP contribution is -2.48. The number of hydrogen-bond acceptors (Lipinski definition) is 5. The summed E-state index contributed by atoms with van der Waals surface area (Å²) in [6.07, 6.45) is 1.46. The summed E-state index contributed by atoms with van der Waals surface area (Å²) in [5, 5.41) is 2.77. The number of amides is 4. The predicted octanol–water partition coefficient (Wildman–Crippen LogP) is 2.04. The molecule has 2 heterocycles. The zero-order chi connectivity index (χ0) is 20.3. The summed E-state index contributed by atoms with van der Waals surface area (Å²) in [4.78, 5) is 52.5. The Balaban J connectivity index is 1.71. The van der Waals surface area contributed by atoms with E-state index in [0.717, 1.165) is 6.42 Å². The Morgan fingerprint density at radius 2 is 1.79 bits per heavy atom. The molecule has 8 nitrogen and oxygen atoms in total. The highest BCUT2D eigenvalue weighted by atomic mass is 16.6. The lowest BCUT2D eigenvalue weighted by Gasteiger charge is -2.35. The van der Waals surface area contributed by atoms with E-state index in [-0.39, 0.29) is 35.4 Å². The molecule has 0 spiro atoms. The second-order valence-electron chi connectivity index (χ2n) is 6.91. The number of likely N-dealkylation sites (tertiary alicyclic amines) is 1. The highest BCUT2D eigenvalue weighted by Crippen LogP contribution is 2.29. The monoisotopic (exact) mass is 387 g/mol. The second kappa shape index (κ2) is 8.41. The molecule has 0 radical (unpaired) electrons. The maximum Gasteiger partial charge on any atom is 0.409 e. The minimum absolute atomic E-state index is 0.258. The molecule has 2 aliphatic rings. The average Bonchev–Trinajstić information content (AvgIpc) is 2.96. The van der Waals surface area contributed by atoms with Crippen molar-refractivity contribution >= 4 is 23.8 Å². The van der Waals surface area contributed by atoms with Crippen LogP contribution in [0.25, 0.3) is 0 Å². The van der Waals surface area contributed by atoms with Crippen LogP contribution in [-0.2, 0) is 4.74 Å². The number of carbonyl (C=O) groups excluding carboxylic acids is 4. The smallest absolute Gasteiger partial charge is 0.409 e. The van der Waals surface area contributed by atoms with E-state index >= 15 is 0 Å². The van der Waals surface area contributed by atoms with Gasteiger partial charge in [-0.1, -0.05) is 6.92 Å². The van der Waals surface area contributed by atoms with E-state index in [9.17, 15) is 19.2 Å². The summed E-state index contributed by atoms with van der Waals surface area (Å²) in [5.41, 5.74) is 0.958. The summed E-state index contributed by atoms with van der Waals surface area (Å²) >= 11 is 0. The molecule has 4 amide bonds. The van der Waals surface area contributed by atoms with Gasteiger partial charge in [0.1, 0.15) is 0 Å². The molecule has 0 atom stereocenters. The Morgan fingerprint density at radius 3 is 2.43 bits per heavy atom. The zero-order valence-electron chi connectivity index (χ0n) is 16.2. The van der Waals surface area contributed by atoms with E-state index in [4.69, 9.17) is 4.74 Å². The summed E-state index contributed by atoms with van der Waals surface area (Å²) < 4.78 is 5.00. The van der Waals surface area contributed by atoms with Gasteiger partial charge in [-0.2, -0.15) is 0 Å². The number of benzene rings is 1. The number of imide groups is 1. The van der Waals surface area contributed by atoms with Gasteiger partial charge in [-0.3, -0.25) is 19.3 Å². The van der Waals surface area contributed by atoms with Crippen LogP contribution < -0.4 is 5.32 Å². The van der Waals surface area contributed by atoms with Crippen LogP contribution in [0.1, 0.15) is 64.2 Å².